The van der Waals surface area contributed by atoms with Gasteiger partial charge in [0, 0.05) is 15.5 Å². The zero-order chi connectivity index (χ0) is 16.8. The van der Waals surface area contributed by atoms with E-state index >= 15 is 0 Å². The molecule has 0 aromatic carbocycles. The van der Waals surface area contributed by atoms with Crippen molar-refractivity contribution in [3.05, 3.63) is 12.7 Å². The maximum atomic E-state index is 11.6. The van der Waals surface area contributed by atoms with E-state index < -0.39 is 12.1 Å². The molecule has 0 saturated heterocycles. The molecule has 0 rings (SSSR count). The summed E-state index contributed by atoms with van der Waals surface area (Å²) in [5.74, 6) is -0.506. The number of carbonyl (C=O) groups excluding carboxylic acids is 2. The third-order valence-corrected chi connectivity index (χ3v) is 3.90. The van der Waals surface area contributed by atoms with Gasteiger partial charge in [-0.2, -0.15) is 0 Å². The van der Waals surface area contributed by atoms with Crippen LogP contribution in [0.2, 0.25) is 0 Å². The van der Waals surface area contributed by atoms with E-state index in [2.05, 4.69) is 6.58 Å². The van der Waals surface area contributed by atoms with Crippen molar-refractivity contribution < 1.29 is 19.1 Å². The molecule has 2 unspecified atom stereocenters. The number of ketones is 1. The molecule has 0 aliphatic rings. The van der Waals surface area contributed by atoms with Crippen LogP contribution in [-0.4, -0.2) is 40.0 Å². The summed E-state index contributed by atoms with van der Waals surface area (Å²) in [6.45, 7) is 7.08. The van der Waals surface area contributed by atoms with Crippen molar-refractivity contribution in [1.29, 1.82) is 0 Å². The number of ether oxygens (including phenoxy) is 2. The van der Waals surface area contributed by atoms with E-state index in [1.807, 2.05) is 6.08 Å². The topological polar surface area (TPSA) is 52.6 Å². The van der Waals surface area contributed by atoms with E-state index in [1.54, 1.807) is 13.8 Å². The third kappa shape index (κ3) is 13.1. The van der Waals surface area contributed by atoms with Crippen LogP contribution in [0.25, 0.3) is 0 Å². The molecule has 0 aliphatic heterocycles. The zero-order valence-corrected chi connectivity index (χ0v) is 15.0. The SMILES string of the molecule is C=CCCCCCCCCC(COC(=O)C(C)OC)C(C)=O.[B]. The highest BCUT2D eigenvalue weighted by Crippen LogP contribution is 2.14. The number of Topliss-reactive ketones (excluding diaryl/α,β-unsaturated/α-hetero) is 1. The summed E-state index contributed by atoms with van der Waals surface area (Å²) in [5.41, 5.74) is 0. The molecule has 0 heterocycles. The number of rotatable bonds is 14. The first-order chi connectivity index (χ1) is 10.5. The smallest absolute Gasteiger partial charge is 0.334 e. The second kappa shape index (κ2) is 15.8. The summed E-state index contributed by atoms with van der Waals surface area (Å²) in [5, 5.41) is 0. The van der Waals surface area contributed by atoms with Crippen LogP contribution >= 0.6 is 0 Å². The van der Waals surface area contributed by atoms with Crippen LogP contribution in [0.3, 0.4) is 0 Å². The molecule has 0 spiro atoms. The summed E-state index contributed by atoms with van der Waals surface area (Å²) >= 11 is 0. The van der Waals surface area contributed by atoms with Crippen molar-refractivity contribution in [2.75, 3.05) is 13.7 Å². The Kier molecular flexibility index (Phi) is 16.6. The van der Waals surface area contributed by atoms with Gasteiger partial charge in [-0.1, -0.05) is 38.2 Å². The summed E-state index contributed by atoms with van der Waals surface area (Å²) in [4.78, 5) is 23.1. The van der Waals surface area contributed by atoms with E-state index in [9.17, 15) is 9.59 Å². The average Bonchev–Trinajstić information content (AvgIpc) is 2.51. The number of hydrogen-bond donors (Lipinski definition) is 0. The normalized spacial score (nSPS) is 12.8. The molecule has 0 aromatic rings. The van der Waals surface area contributed by atoms with Crippen molar-refractivity contribution in [2.24, 2.45) is 5.92 Å². The molecule has 0 aliphatic carbocycles. The van der Waals surface area contributed by atoms with Crippen molar-refractivity contribution in [2.45, 2.75) is 71.3 Å². The quantitative estimate of drug-likeness (QED) is 0.212. The first kappa shape index (κ1) is 24.2. The highest BCUT2D eigenvalue weighted by molar-refractivity contribution is 5.79. The second-order valence-corrected chi connectivity index (χ2v) is 5.80. The predicted molar refractivity (Wildman–Crippen MR) is 94.5 cm³/mol. The molecule has 5 heteroatoms. The maximum absolute atomic E-state index is 11.6. The molecule has 0 aromatic heterocycles. The Morgan fingerprint density at radius 3 is 2.17 bits per heavy atom. The number of allylic oxidation sites excluding steroid dienone is 1. The van der Waals surface area contributed by atoms with Crippen LogP contribution in [0.5, 0.6) is 0 Å². The van der Waals surface area contributed by atoms with Gasteiger partial charge in [0.05, 0.1) is 5.92 Å². The van der Waals surface area contributed by atoms with Gasteiger partial charge >= 0.3 is 5.97 Å². The molecule has 131 valence electrons. The Morgan fingerprint density at radius 2 is 1.65 bits per heavy atom. The van der Waals surface area contributed by atoms with E-state index in [-0.39, 0.29) is 26.7 Å². The van der Waals surface area contributed by atoms with Crippen LogP contribution < -0.4 is 0 Å². The molecular formula is C18H32BO4. The fraction of sp³-hybridized carbons (Fsp3) is 0.778. The Balaban J connectivity index is 0. The molecule has 0 fully saturated rings. The van der Waals surface area contributed by atoms with E-state index in [0.717, 1.165) is 25.7 Å². The first-order valence-electron chi connectivity index (χ1n) is 8.33. The van der Waals surface area contributed by atoms with Crippen molar-refractivity contribution in [1.82, 2.24) is 0 Å². The van der Waals surface area contributed by atoms with E-state index in [0.29, 0.717) is 0 Å². The molecule has 0 amide bonds. The fourth-order valence-corrected chi connectivity index (χ4v) is 2.19. The van der Waals surface area contributed by atoms with Crippen LogP contribution in [-0.2, 0) is 19.1 Å². The predicted octanol–water partition coefficient (Wildman–Crippen LogP) is 3.70. The molecule has 2 atom stereocenters. The standard InChI is InChI=1S/C18H32O4.B/c1-5-6-7-8-9-10-11-12-13-17(15(2)19)14-22-18(20)16(3)21-4;/h5,16-17H,1,6-14H2,2-4H3;. The number of carbonyl (C=O) groups is 2. The number of unbranched alkanes of at least 4 members (excludes halogenated alkanes) is 6. The molecule has 23 heavy (non-hydrogen) atoms. The molecule has 0 bridgehead atoms. The largest absolute Gasteiger partial charge is 0.463 e. The Hall–Kier alpha value is -1.10. The Morgan fingerprint density at radius 1 is 1.09 bits per heavy atom. The summed E-state index contributed by atoms with van der Waals surface area (Å²) < 4.78 is 10.0. The second-order valence-electron chi connectivity index (χ2n) is 5.80. The summed E-state index contributed by atoms with van der Waals surface area (Å²) in [6.07, 6.45) is 10.3. The van der Waals surface area contributed by atoms with Crippen LogP contribution in [0.15, 0.2) is 12.7 Å². The summed E-state index contributed by atoms with van der Waals surface area (Å²) in [6, 6.07) is 0. The van der Waals surface area contributed by atoms with Crippen LogP contribution in [0, 0.1) is 5.92 Å². The van der Waals surface area contributed by atoms with Gasteiger partial charge in [0.25, 0.3) is 0 Å². The highest BCUT2D eigenvalue weighted by Gasteiger charge is 2.19. The molecule has 3 radical (unpaired) electrons. The van der Waals surface area contributed by atoms with Gasteiger partial charge in [-0.3, -0.25) is 4.79 Å². The minimum atomic E-state index is -0.580. The van der Waals surface area contributed by atoms with Crippen LogP contribution in [0.1, 0.15) is 65.2 Å². The monoisotopic (exact) mass is 323 g/mol. The zero-order valence-electron chi connectivity index (χ0n) is 15.0. The number of hydrogen-bond acceptors (Lipinski definition) is 4. The van der Waals surface area contributed by atoms with Gasteiger partial charge in [-0.15, -0.1) is 6.58 Å². The van der Waals surface area contributed by atoms with Crippen molar-refractivity contribution in [3.63, 3.8) is 0 Å². The maximum Gasteiger partial charge on any atom is 0.334 e. The number of methoxy groups -OCH3 is 1. The van der Waals surface area contributed by atoms with Gasteiger partial charge < -0.3 is 9.47 Å². The Labute approximate surface area is 143 Å². The lowest BCUT2D eigenvalue weighted by atomic mass is 9.97. The van der Waals surface area contributed by atoms with Gasteiger partial charge in [-0.25, -0.2) is 4.79 Å². The van der Waals surface area contributed by atoms with E-state index in [1.165, 1.54) is 32.8 Å². The Bertz CT molecular complexity index is 331. The van der Waals surface area contributed by atoms with Gasteiger partial charge in [0.1, 0.15) is 12.4 Å². The third-order valence-electron chi connectivity index (χ3n) is 3.90. The van der Waals surface area contributed by atoms with Gasteiger partial charge in [-0.05, 0) is 33.1 Å². The van der Waals surface area contributed by atoms with Gasteiger partial charge in [0.15, 0.2) is 6.10 Å². The molecule has 0 N–H and O–H groups in total. The van der Waals surface area contributed by atoms with Crippen LogP contribution in [0.4, 0.5) is 0 Å². The van der Waals surface area contributed by atoms with Crippen molar-refractivity contribution in [3.8, 4) is 0 Å². The molecular weight excluding hydrogens is 291 g/mol. The van der Waals surface area contributed by atoms with Crippen molar-refractivity contribution >= 4 is 20.2 Å². The average molecular weight is 323 g/mol. The van der Waals surface area contributed by atoms with Gasteiger partial charge in [0.2, 0.25) is 0 Å². The lowest BCUT2D eigenvalue weighted by Crippen LogP contribution is -2.26. The first-order valence-corrected chi connectivity index (χ1v) is 8.33. The minimum Gasteiger partial charge on any atom is -0.463 e. The highest BCUT2D eigenvalue weighted by atomic mass is 16.6. The van der Waals surface area contributed by atoms with E-state index in [4.69, 9.17) is 9.47 Å². The lowest BCUT2D eigenvalue weighted by molar-refractivity contribution is -0.156. The summed E-state index contributed by atoms with van der Waals surface area (Å²) in [7, 11) is 1.46. The molecule has 4 nitrogen and oxygen atoms in total. The number of esters is 1. The lowest BCUT2D eigenvalue weighted by Gasteiger charge is -2.16. The fourth-order valence-electron chi connectivity index (χ4n) is 2.19. The molecule has 0 saturated carbocycles. The minimum absolute atomic E-state index is 0.